The Morgan fingerprint density at radius 1 is 1.30 bits per heavy atom. The summed E-state index contributed by atoms with van der Waals surface area (Å²) in [5.74, 6) is 0. The Morgan fingerprint density at radius 3 is 2.70 bits per heavy atom. The summed E-state index contributed by atoms with van der Waals surface area (Å²) in [4.78, 5) is 26.1. The normalized spacial score (nSPS) is 28.0. The first kappa shape index (κ1) is 16.3. The van der Waals surface area contributed by atoms with E-state index in [1.54, 1.807) is 0 Å². The molecular weight excluding hydrogens is 312 g/mol. The van der Waals surface area contributed by atoms with Crippen LogP contribution in [0.2, 0.25) is 0 Å². The minimum atomic E-state index is -0.350. The van der Waals surface area contributed by atoms with Gasteiger partial charge in [-0.3, -0.25) is 9.69 Å². The summed E-state index contributed by atoms with van der Waals surface area (Å²) in [6, 6.07) is 7.60. The predicted octanol–water partition coefficient (Wildman–Crippen LogP) is 3.83. The minimum absolute atomic E-state index is 0.0267. The summed E-state index contributed by atoms with van der Waals surface area (Å²) in [6.45, 7) is 4.61. The number of benzene rings is 1. The Hall–Kier alpha value is -1.53. The van der Waals surface area contributed by atoms with Gasteiger partial charge in [0.1, 0.15) is 6.23 Å². The van der Waals surface area contributed by atoms with E-state index in [0.29, 0.717) is 6.61 Å². The van der Waals surface area contributed by atoms with Crippen molar-refractivity contribution in [2.75, 3.05) is 6.61 Å². The van der Waals surface area contributed by atoms with E-state index in [4.69, 9.17) is 4.74 Å². The van der Waals surface area contributed by atoms with E-state index in [1.165, 1.54) is 22.2 Å². The van der Waals surface area contributed by atoms with E-state index >= 15 is 0 Å². The highest BCUT2D eigenvalue weighted by atomic mass is 32.2. The number of imide groups is 1. The van der Waals surface area contributed by atoms with Gasteiger partial charge in [-0.25, -0.2) is 4.79 Å². The van der Waals surface area contributed by atoms with Crippen molar-refractivity contribution in [3.8, 4) is 0 Å². The van der Waals surface area contributed by atoms with Crippen LogP contribution >= 0.6 is 11.8 Å². The molecule has 3 amide bonds. The van der Waals surface area contributed by atoms with Gasteiger partial charge in [0.15, 0.2) is 0 Å². The average molecular weight is 334 g/mol. The number of hydrogen-bond donors (Lipinski definition) is 1. The van der Waals surface area contributed by atoms with E-state index in [9.17, 15) is 9.59 Å². The van der Waals surface area contributed by atoms with Crippen LogP contribution in [0, 0.1) is 6.92 Å². The van der Waals surface area contributed by atoms with Crippen LogP contribution in [0.3, 0.4) is 0 Å². The molecule has 2 heterocycles. The zero-order valence-corrected chi connectivity index (χ0v) is 14.3. The number of hydrogen-bond acceptors (Lipinski definition) is 4. The van der Waals surface area contributed by atoms with Crippen LogP contribution in [0.1, 0.15) is 42.6 Å². The van der Waals surface area contributed by atoms with Crippen LogP contribution in [0.15, 0.2) is 24.3 Å². The Labute approximate surface area is 140 Å². The number of carbonyl (C=O) groups is 2. The van der Waals surface area contributed by atoms with Gasteiger partial charge in [0.2, 0.25) is 0 Å². The van der Waals surface area contributed by atoms with Crippen LogP contribution in [0.4, 0.5) is 9.59 Å². The summed E-state index contributed by atoms with van der Waals surface area (Å²) < 4.78 is 5.53. The number of ether oxygens (including phenoxy) is 1. The topological polar surface area (TPSA) is 58.6 Å². The second-order valence-electron chi connectivity index (χ2n) is 6.13. The fourth-order valence-corrected chi connectivity index (χ4v) is 4.19. The molecule has 0 saturated carbocycles. The molecule has 0 bridgehead atoms. The molecule has 2 fully saturated rings. The third-order valence-electron chi connectivity index (χ3n) is 4.36. The molecule has 23 heavy (non-hydrogen) atoms. The fourth-order valence-electron chi connectivity index (χ4n) is 3.00. The molecule has 3 rings (SSSR count). The van der Waals surface area contributed by atoms with Crippen LogP contribution < -0.4 is 5.32 Å². The zero-order chi connectivity index (χ0) is 16.4. The third kappa shape index (κ3) is 3.53. The predicted molar refractivity (Wildman–Crippen MR) is 90.3 cm³/mol. The number of amides is 3. The van der Waals surface area contributed by atoms with Crippen LogP contribution in [-0.4, -0.2) is 35.0 Å². The lowest BCUT2D eigenvalue weighted by atomic mass is 10.0. The molecule has 2 aliphatic heterocycles. The number of aryl methyl sites for hydroxylation is 1. The lowest BCUT2D eigenvalue weighted by Gasteiger charge is -2.27. The van der Waals surface area contributed by atoms with Crippen molar-refractivity contribution in [2.24, 2.45) is 0 Å². The van der Waals surface area contributed by atoms with Gasteiger partial charge >= 0.3 is 6.03 Å². The monoisotopic (exact) mass is 334 g/mol. The largest absolute Gasteiger partial charge is 0.358 e. The van der Waals surface area contributed by atoms with Gasteiger partial charge in [-0.05, 0) is 38.7 Å². The van der Waals surface area contributed by atoms with Crippen molar-refractivity contribution in [1.82, 2.24) is 10.2 Å². The van der Waals surface area contributed by atoms with Gasteiger partial charge in [0, 0.05) is 6.61 Å². The molecule has 2 saturated heterocycles. The molecule has 6 heteroatoms. The smallest absolute Gasteiger partial charge is 0.327 e. The lowest BCUT2D eigenvalue weighted by Crippen LogP contribution is -2.49. The number of rotatable bonds is 2. The SMILES string of the molecule is Cc1ccc([C@H]2SC(=O)N(C(=O)NC3CCCCO3)[C@@H]2C)cc1. The van der Waals surface area contributed by atoms with Crippen molar-refractivity contribution >= 4 is 23.0 Å². The number of urea groups is 1. The summed E-state index contributed by atoms with van der Waals surface area (Å²) in [5, 5.41) is 2.61. The molecule has 0 aliphatic carbocycles. The maximum absolute atomic E-state index is 12.5. The van der Waals surface area contributed by atoms with E-state index in [1.807, 2.05) is 38.1 Å². The number of nitrogens with one attached hydrogen (secondary N) is 1. The average Bonchev–Trinajstić information content (AvgIpc) is 2.84. The highest BCUT2D eigenvalue weighted by Crippen LogP contribution is 2.43. The van der Waals surface area contributed by atoms with E-state index in [0.717, 1.165) is 24.8 Å². The number of carbonyl (C=O) groups excluding carboxylic acids is 2. The third-order valence-corrected chi connectivity index (χ3v) is 5.68. The molecule has 1 aromatic carbocycles. The number of nitrogens with zero attached hydrogens (tertiary/aromatic N) is 1. The summed E-state index contributed by atoms with van der Waals surface area (Å²) in [7, 11) is 0. The van der Waals surface area contributed by atoms with Crippen molar-refractivity contribution < 1.29 is 14.3 Å². The summed E-state index contributed by atoms with van der Waals surface area (Å²) in [5.41, 5.74) is 2.26. The van der Waals surface area contributed by atoms with E-state index in [2.05, 4.69) is 5.32 Å². The Bertz CT molecular complexity index is 584. The maximum Gasteiger partial charge on any atom is 0.327 e. The zero-order valence-electron chi connectivity index (χ0n) is 13.5. The van der Waals surface area contributed by atoms with E-state index in [-0.39, 0.29) is 28.8 Å². The van der Waals surface area contributed by atoms with Crippen molar-refractivity contribution in [3.05, 3.63) is 35.4 Å². The van der Waals surface area contributed by atoms with Crippen molar-refractivity contribution in [3.63, 3.8) is 0 Å². The van der Waals surface area contributed by atoms with Crippen molar-refractivity contribution in [1.29, 1.82) is 0 Å². The first-order chi connectivity index (χ1) is 11.1. The molecule has 3 atom stereocenters. The molecule has 1 unspecified atom stereocenters. The van der Waals surface area contributed by atoms with Gasteiger partial charge in [-0.2, -0.15) is 0 Å². The van der Waals surface area contributed by atoms with Crippen LogP contribution in [0.5, 0.6) is 0 Å². The minimum Gasteiger partial charge on any atom is -0.358 e. The highest BCUT2D eigenvalue weighted by molar-refractivity contribution is 8.14. The Balaban J connectivity index is 1.69. The molecule has 0 radical (unpaired) electrons. The molecule has 0 spiro atoms. The summed E-state index contributed by atoms with van der Waals surface area (Å²) in [6.07, 6.45) is 2.59. The molecule has 2 aliphatic rings. The quantitative estimate of drug-likeness (QED) is 0.893. The Kier molecular flexibility index (Phi) is 4.92. The van der Waals surface area contributed by atoms with E-state index < -0.39 is 0 Å². The van der Waals surface area contributed by atoms with Crippen LogP contribution in [-0.2, 0) is 4.74 Å². The Morgan fingerprint density at radius 2 is 2.04 bits per heavy atom. The van der Waals surface area contributed by atoms with Crippen molar-refractivity contribution in [2.45, 2.75) is 50.6 Å². The lowest BCUT2D eigenvalue weighted by molar-refractivity contribution is 0.00000406. The van der Waals surface area contributed by atoms with Gasteiger partial charge in [-0.15, -0.1) is 0 Å². The van der Waals surface area contributed by atoms with Gasteiger partial charge in [-0.1, -0.05) is 41.6 Å². The highest BCUT2D eigenvalue weighted by Gasteiger charge is 2.42. The van der Waals surface area contributed by atoms with Gasteiger partial charge in [0.05, 0.1) is 11.3 Å². The van der Waals surface area contributed by atoms with Gasteiger partial charge < -0.3 is 10.1 Å². The second kappa shape index (κ2) is 6.93. The maximum atomic E-state index is 12.5. The molecule has 1 aromatic rings. The molecular formula is C17H22N2O3S. The van der Waals surface area contributed by atoms with Gasteiger partial charge in [0.25, 0.3) is 5.24 Å². The first-order valence-corrected chi connectivity index (χ1v) is 8.93. The second-order valence-corrected chi connectivity index (χ2v) is 7.22. The fraction of sp³-hybridized carbons (Fsp3) is 0.529. The molecule has 0 aromatic heterocycles. The molecule has 124 valence electrons. The first-order valence-electron chi connectivity index (χ1n) is 8.05. The molecule has 5 nitrogen and oxygen atoms in total. The number of thioether (sulfide) groups is 1. The van der Waals surface area contributed by atoms with Crippen LogP contribution in [0.25, 0.3) is 0 Å². The summed E-state index contributed by atoms with van der Waals surface area (Å²) >= 11 is 1.22. The molecule has 1 N–H and O–H groups in total. The standard InChI is InChI=1S/C17H22N2O3S/c1-11-6-8-13(9-7-11)15-12(2)19(17(21)23-15)16(20)18-14-5-3-4-10-22-14/h6-9,12,14-15H,3-5,10H2,1-2H3,(H,18,20)/t12-,14?,15+/m1/s1.